The molecule has 1 fully saturated rings. The number of ether oxygens (including phenoxy) is 1. The van der Waals surface area contributed by atoms with E-state index >= 15 is 0 Å². The van der Waals surface area contributed by atoms with Gasteiger partial charge in [-0.1, -0.05) is 0 Å². The number of carbonyl (C=O) groups is 1. The molecule has 10 heteroatoms. The molecule has 1 atom stereocenters. The number of nitrogens with zero attached hydrogens (tertiary/aromatic N) is 4. The van der Waals surface area contributed by atoms with E-state index in [2.05, 4.69) is 20.7 Å². The first-order valence-corrected chi connectivity index (χ1v) is 9.38. The first-order valence-electron chi connectivity index (χ1n) is 9.38. The average molecular weight is 400 g/mol. The lowest BCUT2D eigenvalue weighted by molar-refractivity contribution is -0.122. The second-order valence-corrected chi connectivity index (χ2v) is 6.93. The van der Waals surface area contributed by atoms with Gasteiger partial charge in [-0.15, -0.1) is 5.10 Å². The van der Waals surface area contributed by atoms with E-state index < -0.39 is 5.69 Å². The van der Waals surface area contributed by atoms with E-state index in [1.54, 1.807) is 25.1 Å². The number of carbonyl (C=O) groups excluding carboxylic acids is 1. The van der Waals surface area contributed by atoms with Crippen molar-refractivity contribution in [3.05, 3.63) is 52.3 Å². The first kappa shape index (κ1) is 19.1. The lowest BCUT2D eigenvalue weighted by atomic mass is 10.2. The largest absolute Gasteiger partial charge is 0.376 e. The second kappa shape index (κ2) is 8.00. The fourth-order valence-corrected chi connectivity index (χ4v) is 3.23. The minimum Gasteiger partial charge on any atom is -0.376 e. The predicted octanol–water partition coefficient (Wildman–Crippen LogP) is 1.38. The third-order valence-electron chi connectivity index (χ3n) is 4.64. The fourth-order valence-electron chi connectivity index (χ4n) is 3.23. The normalized spacial score (nSPS) is 16.3. The van der Waals surface area contributed by atoms with Gasteiger partial charge < -0.3 is 15.4 Å². The Labute approximate surface area is 165 Å². The van der Waals surface area contributed by atoms with Crippen molar-refractivity contribution in [2.75, 3.05) is 18.5 Å². The van der Waals surface area contributed by atoms with Crippen LogP contribution < -0.4 is 16.3 Å². The fraction of sp³-hybridized carbons (Fsp3) is 0.368. The maximum absolute atomic E-state index is 13.1. The van der Waals surface area contributed by atoms with E-state index in [1.165, 1.54) is 16.5 Å². The molecule has 1 aromatic carbocycles. The number of aromatic nitrogens is 4. The topological polar surface area (TPSA) is 103 Å². The molecule has 0 radical (unpaired) electrons. The number of rotatable bonds is 6. The number of fused-ring (bicyclic) bond motifs is 1. The highest BCUT2D eigenvalue weighted by atomic mass is 19.1. The first-order chi connectivity index (χ1) is 14.0. The molecule has 1 aliphatic heterocycles. The molecule has 4 rings (SSSR count). The molecule has 2 aromatic heterocycles. The van der Waals surface area contributed by atoms with Crippen molar-refractivity contribution in [2.24, 2.45) is 0 Å². The van der Waals surface area contributed by atoms with Crippen LogP contribution in [0.2, 0.25) is 0 Å². The van der Waals surface area contributed by atoms with Crippen molar-refractivity contribution >= 4 is 23.2 Å². The summed E-state index contributed by atoms with van der Waals surface area (Å²) in [5.74, 6) is -0.441. The zero-order chi connectivity index (χ0) is 20.4. The summed E-state index contributed by atoms with van der Waals surface area (Å²) >= 11 is 0. The van der Waals surface area contributed by atoms with Crippen molar-refractivity contribution < 1.29 is 13.9 Å². The molecule has 0 bridgehead atoms. The molecule has 3 aromatic rings. The number of anilines is 2. The minimum atomic E-state index is -0.496. The summed E-state index contributed by atoms with van der Waals surface area (Å²) in [6, 6.07) is 7.34. The van der Waals surface area contributed by atoms with Gasteiger partial charge in [0.2, 0.25) is 11.9 Å². The van der Waals surface area contributed by atoms with Gasteiger partial charge in [-0.25, -0.2) is 23.3 Å². The number of benzene rings is 1. The molecule has 0 spiro atoms. The van der Waals surface area contributed by atoms with Crippen molar-refractivity contribution in [3.8, 4) is 0 Å². The Kier molecular flexibility index (Phi) is 5.26. The van der Waals surface area contributed by atoms with Crippen LogP contribution >= 0.6 is 0 Å². The molecule has 0 aliphatic carbocycles. The summed E-state index contributed by atoms with van der Waals surface area (Å²) in [6.07, 6.45) is 1.93. The van der Waals surface area contributed by atoms with Crippen molar-refractivity contribution in [3.63, 3.8) is 0 Å². The van der Waals surface area contributed by atoms with Crippen LogP contribution in [0.5, 0.6) is 0 Å². The molecular weight excluding hydrogens is 379 g/mol. The second-order valence-electron chi connectivity index (χ2n) is 6.93. The number of nitrogens with one attached hydrogen (secondary N) is 2. The van der Waals surface area contributed by atoms with Gasteiger partial charge in [-0.05, 0) is 44.0 Å². The van der Waals surface area contributed by atoms with Gasteiger partial charge in [0.05, 0.1) is 6.10 Å². The molecule has 9 nitrogen and oxygen atoms in total. The third kappa shape index (κ3) is 4.27. The number of hydrogen-bond acceptors (Lipinski definition) is 6. The third-order valence-corrected chi connectivity index (χ3v) is 4.64. The van der Waals surface area contributed by atoms with Crippen LogP contribution in [0.3, 0.4) is 0 Å². The van der Waals surface area contributed by atoms with Crippen LogP contribution in [-0.2, 0) is 16.1 Å². The summed E-state index contributed by atoms with van der Waals surface area (Å²) in [5.41, 5.74) is 1.07. The van der Waals surface area contributed by atoms with E-state index in [-0.39, 0.29) is 30.3 Å². The lowest BCUT2D eigenvalue weighted by Crippen LogP contribution is -2.36. The zero-order valence-corrected chi connectivity index (χ0v) is 15.9. The highest BCUT2D eigenvalue weighted by Gasteiger charge is 2.18. The number of aryl methyl sites for hydroxylation is 1. The van der Waals surface area contributed by atoms with Crippen LogP contribution in [0.4, 0.5) is 16.0 Å². The summed E-state index contributed by atoms with van der Waals surface area (Å²) in [5, 5.41) is 10.0. The lowest BCUT2D eigenvalue weighted by Gasteiger charge is -2.10. The molecule has 152 valence electrons. The van der Waals surface area contributed by atoms with Crippen LogP contribution in [0.1, 0.15) is 18.5 Å². The van der Waals surface area contributed by atoms with Gasteiger partial charge >= 0.3 is 5.69 Å². The van der Waals surface area contributed by atoms with Crippen molar-refractivity contribution in [1.82, 2.24) is 24.5 Å². The number of amides is 1. The van der Waals surface area contributed by atoms with Gasteiger partial charge in [0, 0.05) is 30.6 Å². The predicted molar refractivity (Wildman–Crippen MR) is 104 cm³/mol. The van der Waals surface area contributed by atoms with Crippen LogP contribution in [0, 0.1) is 12.7 Å². The van der Waals surface area contributed by atoms with Gasteiger partial charge in [0.25, 0.3) is 0 Å². The Balaban J connectivity index is 1.56. The Hall–Kier alpha value is -3.27. The zero-order valence-electron chi connectivity index (χ0n) is 15.9. The number of halogens is 1. The van der Waals surface area contributed by atoms with E-state index in [0.717, 1.165) is 17.5 Å². The summed E-state index contributed by atoms with van der Waals surface area (Å²) in [7, 11) is 0. The van der Waals surface area contributed by atoms with Gasteiger partial charge in [0.15, 0.2) is 5.65 Å². The molecule has 1 aliphatic rings. The summed E-state index contributed by atoms with van der Waals surface area (Å²) in [6.45, 7) is 2.69. The Morgan fingerprint density at radius 3 is 2.86 bits per heavy atom. The molecule has 1 unspecified atom stereocenters. The number of hydrogen-bond donors (Lipinski definition) is 2. The van der Waals surface area contributed by atoms with Gasteiger partial charge in [0.1, 0.15) is 12.4 Å². The maximum atomic E-state index is 13.1. The monoisotopic (exact) mass is 400 g/mol. The summed E-state index contributed by atoms with van der Waals surface area (Å²) in [4.78, 5) is 29.4. The highest BCUT2D eigenvalue weighted by molar-refractivity contribution is 5.75. The van der Waals surface area contributed by atoms with Crippen LogP contribution in [0.15, 0.2) is 35.1 Å². The van der Waals surface area contributed by atoms with Gasteiger partial charge in [-0.2, -0.15) is 0 Å². The van der Waals surface area contributed by atoms with E-state index in [4.69, 9.17) is 4.74 Å². The van der Waals surface area contributed by atoms with Crippen LogP contribution in [0.25, 0.3) is 5.65 Å². The van der Waals surface area contributed by atoms with Crippen molar-refractivity contribution in [1.29, 1.82) is 0 Å². The van der Waals surface area contributed by atoms with E-state index in [0.29, 0.717) is 30.2 Å². The van der Waals surface area contributed by atoms with Crippen molar-refractivity contribution in [2.45, 2.75) is 32.4 Å². The Bertz CT molecular complexity index is 1090. The molecule has 0 saturated carbocycles. The molecule has 1 saturated heterocycles. The molecular formula is C19H21FN6O3. The van der Waals surface area contributed by atoms with E-state index in [1.807, 2.05) is 0 Å². The standard InChI is InChI=1S/C19H21FN6O3/c1-12-9-16-24-25(11-17(27)21-10-15-3-2-8-29-15)19(28)26(16)18(22-12)23-14-6-4-13(20)5-7-14/h4-7,9,15H,2-3,8,10-11H2,1H3,(H,21,27)(H,22,23). The van der Waals surface area contributed by atoms with Crippen LogP contribution in [-0.4, -0.2) is 44.3 Å². The molecule has 2 N–H and O–H groups in total. The maximum Gasteiger partial charge on any atom is 0.353 e. The quantitative estimate of drug-likeness (QED) is 0.648. The minimum absolute atomic E-state index is 0.0232. The van der Waals surface area contributed by atoms with Gasteiger partial charge in [-0.3, -0.25) is 4.79 Å². The average Bonchev–Trinajstić information content (AvgIpc) is 3.30. The Morgan fingerprint density at radius 2 is 2.14 bits per heavy atom. The molecule has 3 heterocycles. The van der Waals surface area contributed by atoms with E-state index in [9.17, 15) is 14.0 Å². The molecule has 29 heavy (non-hydrogen) atoms. The molecule has 1 amide bonds. The SMILES string of the molecule is Cc1cc2nn(CC(=O)NCC3CCCO3)c(=O)n2c(Nc2ccc(F)cc2)n1. The highest BCUT2D eigenvalue weighted by Crippen LogP contribution is 2.16. The Morgan fingerprint density at radius 1 is 1.34 bits per heavy atom. The smallest absolute Gasteiger partial charge is 0.353 e. The summed E-state index contributed by atoms with van der Waals surface area (Å²) < 4.78 is 21.0.